The molecule has 296 valence electrons. The van der Waals surface area contributed by atoms with Gasteiger partial charge < -0.3 is 13.9 Å². The van der Waals surface area contributed by atoms with Crippen LogP contribution in [0, 0.1) is 0 Å². The van der Waals surface area contributed by atoms with E-state index in [0.717, 1.165) is 72.5 Å². The predicted molar refractivity (Wildman–Crippen MR) is 264 cm³/mol. The molecule has 0 atom stereocenters. The summed E-state index contributed by atoms with van der Waals surface area (Å²) in [6.07, 6.45) is 0. The highest BCUT2D eigenvalue weighted by molar-refractivity contribution is 6.09. The summed E-state index contributed by atoms with van der Waals surface area (Å²) >= 11 is 0. The number of furan rings is 1. The minimum Gasteiger partial charge on any atom is -0.456 e. The first-order valence-corrected chi connectivity index (χ1v) is 21.5. The maximum absolute atomic E-state index is 6.25. The molecule has 0 radical (unpaired) electrons. The number of nitrogens with zero attached hydrogens (tertiary/aromatic N) is 2. The zero-order valence-corrected chi connectivity index (χ0v) is 34.4. The van der Waals surface area contributed by atoms with Crippen LogP contribution in [0.15, 0.2) is 247 Å². The molecule has 0 aliphatic rings. The summed E-state index contributed by atoms with van der Waals surface area (Å²) in [5.74, 6) is 0. The molecule has 0 N–H and O–H groups in total. The average molecular weight is 805 g/mol. The Labute approximate surface area is 366 Å². The lowest BCUT2D eigenvalue weighted by atomic mass is 9.97. The Morgan fingerprint density at radius 2 is 0.730 bits per heavy atom. The molecule has 10 aromatic carbocycles. The highest BCUT2D eigenvalue weighted by atomic mass is 16.3. The summed E-state index contributed by atoms with van der Waals surface area (Å²) in [5, 5.41) is 4.77. The van der Waals surface area contributed by atoms with Crippen molar-refractivity contribution in [2.75, 3.05) is 4.90 Å². The zero-order valence-electron chi connectivity index (χ0n) is 34.4. The molecule has 63 heavy (non-hydrogen) atoms. The number of benzene rings is 10. The van der Waals surface area contributed by atoms with E-state index in [0.29, 0.717) is 0 Å². The smallest absolute Gasteiger partial charge is 0.136 e. The van der Waals surface area contributed by atoms with Crippen molar-refractivity contribution >= 4 is 60.8 Å². The van der Waals surface area contributed by atoms with Gasteiger partial charge in [0.05, 0.1) is 11.0 Å². The second kappa shape index (κ2) is 15.3. The number of hydrogen-bond donors (Lipinski definition) is 0. The van der Waals surface area contributed by atoms with E-state index in [1.165, 1.54) is 38.5 Å². The van der Waals surface area contributed by atoms with Crippen LogP contribution in [0.4, 0.5) is 17.1 Å². The molecule has 2 heterocycles. The fraction of sp³-hybridized carbons (Fsp3) is 0. The largest absolute Gasteiger partial charge is 0.456 e. The second-order valence-corrected chi connectivity index (χ2v) is 16.2. The topological polar surface area (TPSA) is 21.3 Å². The lowest BCUT2D eigenvalue weighted by molar-refractivity contribution is 0.669. The second-order valence-electron chi connectivity index (χ2n) is 16.2. The van der Waals surface area contributed by atoms with Crippen LogP contribution in [0.25, 0.3) is 93.9 Å². The van der Waals surface area contributed by atoms with Crippen LogP contribution in [0.2, 0.25) is 0 Å². The molecule has 3 nitrogen and oxygen atoms in total. The molecule has 0 amide bonds. The van der Waals surface area contributed by atoms with Crippen LogP contribution in [0.5, 0.6) is 0 Å². The summed E-state index contributed by atoms with van der Waals surface area (Å²) in [6, 6.07) is 87.2. The summed E-state index contributed by atoms with van der Waals surface area (Å²) < 4.78 is 8.64. The van der Waals surface area contributed by atoms with E-state index < -0.39 is 0 Å². The van der Waals surface area contributed by atoms with Gasteiger partial charge in [0, 0.05) is 44.3 Å². The van der Waals surface area contributed by atoms with Crippen LogP contribution in [0.1, 0.15) is 0 Å². The van der Waals surface area contributed by atoms with Gasteiger partial charge in [-0.3, -0.25) is 0 Å². The summed E-state index contributed by atoms with van der Waals surface area (Å²) in [7, 11) is 0. The molecule has 0 bridgehead atoms. The number of anilines is 3. The van der Waals surface area contributed by atoms with E-state index in [2.05, 4.69) is 240 Å². The Hall–Kier alpha value is -8.40. The minimum absolute atomic E-state index is 0.902. The molecule has 0 fully saturated rings. The van der Waals surface area contributed by atoms with Crippen LogP contribution >= 0.6 is 0 Å². The Kier molecular flexibility index (Phi) is 8.83. The van der Waals surface area contributed by atoms with Crippen molar-refractivity contribution in [1.82, 2.24) is 4.57 Å². The van der Waals surface area contributed by atoms with Crippen LogP contribution < -0.4 is 4.90 Å². The molecule has 2 aromatic heterocycles. The standard InChI is InChI=1S/C60H40N2O/c1-2-14-41(15-3-1)43-16-10-18-45(36-43)47-20-12-21-50(38-47)61(51-22-13-23-52(40-51)62-57-27-7-4-24-53(57)54-25-5-8-28-58(54)62)49-33-30-42(31-34-49)44-17-11-19-46(37-44)48-32-35-56-55-26-6-9-29-59(55)63-60(56)39-48/h1-40H. The number of aromatic nitrogens is 1. The van der Waals surface area contributed by atoms with Crippen molar-refractivity contribution in [1.29, 1.82) is 0 Å². The number of rotatable bonds is 8. The first-order valence-electron chi connectivity index (χ1n) is 21.5. The molecule has 0 saturated heterocycles. The third-order valence-corrected chi connectivity index (χ3v) is 12.4. The highest BCUT2D eigenvalue weighted by Gasteiger charge is 2.18. The summed E-state index contributed by atoms with van der Waals surface area (Å²) in [5.41, 5.74) is 17.8. The van der Waals surface area contributed by atoms with Crippen LogP contribution in [0.3, 0.4) is 0 Å². The van der Waals surface area contributed by atoms with Gasteiger partial charge in [-0.15, -0.1) is 0 Å². The zero-order chi connectivity index (χ0) is 41.7. The van der Waals surface area contributed by atoms with Crippen LogP contribution in [-0.2, 0) is 0 Å². The molecule has 0 spiro atoms. The maximum atomic E-state index is 6.25. The molecule has 3 heteroatoms. The van der Waals surface area contributed by atoms with Gasteiger partial charge in [0.25, 0.3) is 0 Å². The van der Waals surface area contributed by atoms with E-state index in [1.54, 1.807) is 0 Å². The summed E-state index contributed by atoms with van der Waals surface area (Å²) in [6.45, 7) is 0. The fourth-order valence-electron chi connectivity index (χ4n) is 9.34. The minimum atomic E-state index is 0.902. The average Bonchev–Trinajstić information content (AvgIpc) is 3.90. The predicted octanol–water partition coefficient (Wildman–Crippen LogP) is 16.8. The van der Waals surface area contributed by atoms with Crippen molar-refractivity contribution in [2.24, 2.45) is 0 Å². The lowest BCUT2D eigenvalue weighted by Crippen LogP contribution is -2.10. The Balaban J connectivity index is 0.953. The van der Waals surface area contributed by atoms with Gasteiger partial charge in [-0.2, -0.15) is 0 Å². The fourth-order valence-corrected chi connectivity index (χ4v) is 9.34. The van der Waals surface area contributed by atoms with Crippen LogP contribution in [-0.4, -0.2) is 4.57 Å². The maximum Gasteiger partial charge on any atom is 0.136 e. The number of hydrogen-bond acceptors (Lipinski definition) is 2. The summed E-state index contributed by atoms with van der Waals surface area (Å²) in [4.78, 5) is 2.38. The van der Waals surface area contributed by atoms with Gasteiger partial charge in [0.15, 0.2) is 0 Å². The van der Waals surface area contributed by atoms with Crippen molar-refractivity contribution in [3.05, 3.63) is 243 Å². The Bertz CT molecular complexity index is 3580. The van der Waals surface area contributed by atoms with Gasteiger partial charge in [-0.05, 0) is 129 Å². The van der Waals surface area contributed by atoms with E-state index in [9.17, 15) is 0 Å². The van der Waals surface area contributed by atoms with Crippen molar-refractivity contribution in [2.45, 2.75) is 0 Å². The van der Waals surface area contributed by atoms with Gasteiger partial charge in [0.1, 0.15) is 11.2 Å². The molecular formula is C60H40N2O. The Morgan fingerprint density at radius 3 is 1.41 bits per heavy atom. The molecule has 12 aromatic rings. The van der Waals surface area contributed by atoms with E-state index in [1.807, 2.05) is 12.1 Å². The van der Waals surface area contributed by atoms with Gasteiger partial charge in [-0.1, -0.05) is 158 Å². The molecule has 0 aliphatic carbocycles. The van der Waals surface area contributed by atoms with E-state index >= 15 is 0 Å². The molecule has 0 aliphatic heterocycles. The van der Waals surface area contributed by atoms with E-state index in [-0.39, 0.29) is 0 Å². The first-order chi connectivity index (χ1) is 31.2. The first kappa shape index (κ1) is 36.5. The van der Waals surface area contributed by atoms with Crippen molar-refractivity contribution in [3.8, 4) is 50.2 Å². The van der Waals surface area contributed by atoms with E-state index in [4.69, 9.17) is 4.42 Å². The van der Waals surface area contributed by atoms with Gasteiger partial charge in [0.2, 0.25) is 0 Å². The van der Waals surface area contributed by atoms with Crippen molar-refractivity contribution < 1.29 is 4.42 Å². The molecule has 12 rings (SSSR count). The molecule has 0 unspecified atom stereocenters. The number of para-hydroxylation sites is 3. The monoisotopic (exact) mass is 804 g/mol. The molecule has 0 saturated carbocycles. The highest BCUT2D eigenvalue weighted by Crippen LogP contribution is 2.41. The third kappa shape index (κ3) is 6.55. The van der Waals surface area contributed by atoms with Gasteiger partial charge in [-0.25, -0.2) is 0 Å². The third-order valence-electron chi connectivity index (χ3n) is 12.4. The normalized spacial score (nSPS) is 11.5. The quantitative estimate of drug-likeness (QED) is 0.153. The van der Waals surface area contributed by atoms with Gasteiger partial charge >= 0.3 is 0 Å². The lowest BCUT2D eigenvalue weighted by Gasteiger charge is -2.27. The molecular weight excluding hydrogens is 765 g/mol. The SMILES string of the molecule is c1ccc(-c2cccc(-c3cccc(N(c4ccc(-c5cccc(-c6ccc7c(c6)oc6ccccc67)c5)cc4)c4cccc(-n5c6ccccc6c6ccccc65)c4)c3)c2)cc1. The number of fused-ring (bicyclic) bond motifs is 6. The Morgan fingerprint density at radius 1 is 0.270 bits per heavy atom. The van der Waals surface area contributed by atoms with Crippen molar-refractivity contribution in [3.63, 3.8) is 0 Å².